The first-order valence-electron chi connectivity index (χ1n) is 7.86. The highest BCUT2D eigenvalue weighted by molar-refractivity contribution is 14.1. The second kappa shape index (κ2) is 7.55. The molecule has 0 spiro atoms. The van der Waals surface area contributed by atoms with Crippen molar-refractivity contribution in [3.05, 3.63) is 50.9 Å². The zero-order valence-corrected chi connectivity index (χ0v) is 17.0. The predicted octanol–water partition coefficient (Wildman–Crippen LogP) is 4.27. The number of nitrogens with zero attached hydrogens (tertiary/aromatic N) is 3. The van der Waals surface area contributed by atoms with Gasteiger partial charge in [-0.3, -0.25) is 9.58 Å². The summed E-state index contributed by atoms with van der Waals surface area (Å²) in [6, 6.07) is 10.0. The van der Waals surface area contributed by atoms with Crippen LogP contribution in [0.1, 0.15) is 37.7 Å². The Morgan fingerprint density at radius 3 is 2.50 bits per heavy atom. The molecule has 0 aliphatic heterocycles. The van der Waals surface area contributed by atoms with E-state index in [2.05, 4.69) is 27.7 Å². The molecule has 24 heavy (non-hydrogen) atoms. The normalized spacial score (nSPS) is 11.4. The van der Waals surface area contributed by atoms with E-state index in [1.807, 2.05) is 69.8 Å². The van der Waals surface area contributed by atoms with E-state index in [1.54, 1.807) is 4.90 Å². The van der Waals surface area contributed by atoms with Crippen LogP contribution in [-0.4, -0.2) is 26.4 Å². The van der Waals surface area contributed by atoms with Gasteiger partial charge in [0.1, 0.15) is 5.60 Å². The number of amides is 1. The Morgan fingerprint density at radius 1 is 1.29 bits per heavy atom. The van der Waals surface area contributed by atoms with Crippen LogP contribution in [0.3, 0.4) is 0 Å². The Balaban J connectivity index is 2.25. The first kappa shape index (κ1) is 18.8. The molecule has 2 aromatic rings. The van der Waals surface area contributed by atoms with Crippen LogP contribution < -0.4 is 0 Å². The molecule has 0 bridgehead atoms. The standard InChI is InChI=1S/C18H24IN3O2/c1-13-10-15(21(5)20-13)12-22(17(23)24-18(2,3)4)11-14-8-6-7-9-16(14)19/h6-10H,11-12H2,1-5H3. The van der Waals surface area contributed by atoms with Gasteiger partial charge in [-0.2, -0.15) is 5.10 Å². The lowest BCUT2D eigenvalue weighted by molar-refractivity contribution is 0.0211. The summed E-state index contributed by atoms with van der Waals surface area (Å²) in [5.41, 5.74) is 2.49. The van der Waals surface area contributed by atoms with Crippen molar-refractivity contribution in [3.63, 3.8) is 0 Å². The van der Waals surface area contributed by atoms with E-state index in [4.69, 9.17) is 4.74 Å². The van der Waals surface area contributed by atoms with Crippen LogP contribution in [0, 0.1) is 10.5 Å². The molecule has 1 amide bonds. The predicted molar refractivity (Wildman–Crippen MR) is 103 cm³/mol. The topological polar surface area (TPSA) is 47.4 Å². The maximum absolute atomic E-state index is 12.7. The van der Waals surface area contributed by atoms with Crippen LogP contribution in [-0.2, 0) is 24.9 Å². The molecule has 0 atom stereocenters. The minimum Gasteiger partial charge on any atom is -0.444 e. The molecule has 0 saturated heterocycles. The highest BCUT2D eigenvalue weighted by atomic mass is 127. The average molecular weight is 441 g/mol. The van der Waals surface area contributed by atoms with Crippen LogP contribution in [0.4, 0.5) is 4.79 Å². The number of carbonyl (C=O) groups excluding carboxylic acids is 1. The van der Waals surface area contributed by atoms with E-state index in [9.17, 15) is 4.79 Å². The second-order valence-electron chi connectivity index (χ2n) is 6.83. The lowest BCUT2D eigenvalue weighted by atomic mass is 10.2. The molecule has 0 saturated carbocycles. The number of ether oxygens (including phenoxy) is 1. The van der Waals surface area contributed by atoms with Crippen molar-refractivity contribution in [1.82, 2.24) is 14.7 Å². The summed E-state index contributed by atoms with van der Waals surface area (Å²) >= 11 is 2.29. The molecule has 2 rings (SSSR count). The number of rotatable bonds is 4. The fourth-order valence-corrected chi connectivity index (χ4v) is 2.91. The Bertz CT molecular complexity index is 719. The molecule has 130 valence electrons. The van der Waals surface area contributed by atoms with Crippen molar-refractivity contribution in [1.29, 1.82) is 0 Å². The van der Waals surface area contributed by atoms with E-state index < -0.39 is 5.60 Å². The molecule has 0 unspecified atom stereocenters. The van der Waals surface area contributed by atoms with Gasteiger partial charge in [-0.15, -0.1) is 0 Å². The highest BCUT2D eigenvalue weighted by Gasteiger charge is 2.24. The highest BCUT2D eigenvalue weighted by Crippen LogP contribution is 2.19. The van der Waals surface area contributed by atoms with Gasteiger partial charge in [0.05, 0.1) is 24.5 Å². The van der Waals surface area contributed by atoms with Gasteiger partial charge in [0, 0.05) is 10.6 Å². The van der Waals surface area contributed by atoms with Gasteiger partial charge in [-0.05, 0) is 68.0 Å². The molecule has 0 fully saturated rings. The van der Waals surface area contributed by atoms with Gasteiger partial charge in [0.25, 0.3) is 0 Å². The third kappa shape index (κ3) is 5.22. The summed E-state index contributed by atoms with van der Waals surface area (Å²) < 4.78 is 8.52. The quantitative estimate of drug-likeness (QED) is 0.666. The van der Waals surface area contributed by atoms with E-state index in [1.165, 1.54) is 0 Å². The maximum atomic E-state index is 12.7. The van der Waals surface area contributed by atoms with Gasteiger partial charge >= 0.3 is 6.09 Å². The summed E-state index contributed by atoms with van der Waals surface area (Å²) in [6.07, 6.45) is -0.319. The van der Waals surface area contributed by atoms with Crippen LogP contribution in [0.2, 0.25) is 0 Å². The largest absolute Gasteiger partial charge is 0.444 e. The summed E-state index contributed by atoms with van der Waals surface area (Å²) in [4.78, 5) is 14.4. The first-order chi connectivity index (χ1) is 11.2. The van der Waals surface area contributed by atoms with E-state index in [-0.39, 0.29) is 6.09 Å². The number of carbonyl (C=O) groups is 1. The van der Waals surface area contributed by atoms with E-state index in [0.717, 1.165) is 20.5 Å². The number of aromatic nitrogens is 2. The van der Waals surface area contributed by atoms with Crippen LogP contribution in [0.5, 0.6) is 0 Å². The van der Waals surface area contributed by atoms with Gasteiger partial charge in [0.2, 0.25) is 0 Å². The van der Waals surface area contributed by atoms with Gasteiger partial charge < -0.3 is 4.74 Å². The summed E-state index contributed by atoms with van der Waals surface area (Å²) in [7, 11) is 1.89. The van der Waals surface area contributed by atoms with Crippen molar-refractivity contribution >= 4 is 28.7 Å². The first-order valence-corrected chi connectivity index (χ1v) is 8.94. The molecule has 1 heterocycles. The minimum atomic E-state index is -0.526. The summed E-state index contributed by atoms with van der Waals surface area (Å²) in [6.45, 7) is 8.54. The number of hydrogen-bond acceptors (Lipinski definition) is 3. The maximum Gasteiger partial charge on any atom is 0.410 e. The summed E-state index contributed by atoms with van der Waals surface area (Å²) in [5, 5.41) is 4.36. The number of hydrogen-bond donors (Lipinski definition) is 0. The SMILES string of the molecule is Cc1cc(CN(Cc2ccccc2I)C(=O)OC(C)(C)C)n(C)n1. The Kier molecular flexibility index (Phi) is 5.90. The molecular formula is C18H24IN3O2. The fraction of sp³-hybridized carbons (Fsp3) is 0.444. The Labute approximate surface area is 157 Å². The van der Waals surface area contributed by atoms with Crippen molar-refractivity contribution in [2.45, 2.75) is 46.4 Å². The molecule has 0 aliphatic carbocycles. The molecule has 6 heteroatoms. The van der Waals surface area contributed by atoms with Gasteiger partial charge in [-0.25, -0.2) is 4.79 Å². The lowest BCUT2D eigenvalue weighted by Crippen LogP contribution is -2.36. The van der Waals surface area contributed by atoms with Crippen molar-refractivity contribution in [3.8, 4) is 0 Å². The van der Waals surface area contributed by atoms with Gasteiger partial charge in [0.15, 0.2) is 0 Å². The van der Waals surface area contributed by atoms with Crippen LogP contribution in [0.15, 0.2) is 30.3 Å². The molecule has 1 aromatic carbocycles. The van der Waals surface area contributed by atoms with E-state index >= 15 is 0 Å². The number of aryl methyl sites for hydroxylation is 2. The smallest absolute Gasteiger partial charge is 0.410 e. The zero-order chi connectivity index (χ0) is 17.9. The fourth-order valence-electron chi connectivity index (χ4n) is 2.35. The van der Waals surface area contributed by atoms with Crippen LogP contribution >= 0.6 is 22.6 Å². The third-order valence-electron chi connectivity index (χ3n) is 3.42. The Hall–Kier alpha value is -1.57. The lowest BCUT2D eigenvalue weighted by Gasteiger charge is -2.27. The molecule has 0 radical (unpaired) electrons. The summed E-state index contributed by atoms with van der Waals surface area (Å²) in [5.74, 6) is 0. The Morgan fingerprint density at radius 2 is 1.96 bits per heavy atom. The van der Waals surface area contributed by atoms with Crippen molar-refractivity contribution in [2.75, 3.05) is 0 Å². The zero-order valence-electron chi connectivity index (χ0n) is 14.8. The average Bonchev–Trinajstić information content (AvgIpc) is 2.76. The monoisotopic (exact) mass is 441 g/mol. The molecule has 5 nitrogen and oxygen atoms in total. The van der Waals surface area contributed by atoms with Crippen molar-refractivity contribution in [2.24, 2.45) is 7.05 Å². The number of benzene rings is 1. The van der Waals surface area contributed by atoms with Crippen LogP contribution in [0.25, 0.3) is 0 Å². The van der Waals surface area contributed by atoms with Gasteiger partial charge in [-0.1, -0.05) is 18.2 Å². The molecule has 0 aliphatic rings. The molecule has 1 aromatic heterocycles. The second-order valence-corrected chi connectivity index (χ2v) is 7.99. The molecular weight excluding hydrogens is 417 g/mol. The number of halogens is 1. The van der Waals surface area contributed by atoms with E-state index in [0.29, 0.717) is 13.1 Å². The molecule has 0 N–H and O–H groups in total. The van der Waals surface area contributed by atoms with Crippen molar-refractivity contribution < 1.29 is 9.53 Å². The minimum absolute atomic E-state index is 0.319. The third-order valence-corrected chi connectivity index (χ3v) is 4.47.